The van der Waals surface area contributed by atoms with Crippen LogP contribution in [-0.4, -0.2) is 89.1 Å². The van der Waals surface area contributed by atoms with Gasteiger partial charge < -0.3 is 14.5 Å². The van der Waals surface area contributed by atoms with Gasteiger partial charge in [-0.25, -0.2) is 13.2 Å². The Morgan fingerprint density at radius 2 is 1.74 bits per heavy atom. The van der Waals surface area contributed by atoms with Crippen molar-refractivity contribution in [2.45, 2.75) is 60.5 Å². The number of hydrogen-bond acceptors (Lipinski definition) is 8. The van der Waals surface area contributed by atoms with Crippen LogP contribution < -0.4 is 0 Å². The smallest absolute Gasteiger partial charge is 0.328 e. The maximum Gasteiger partial charge on any atom is 0.328 e. The van der Waals surface area contributed by atoms with Gasteiger partial charge in [0.2, 0.25) is 21.8 Å². The molecule has 4 aliphatic rings. The highest BCUT2D eigenvalue weighted by atomic mass is 32.2. The van der Waals surface area contributed by atoms with Crippen molar-refractivity contribution in [1.82, 2.24) is 14.1 Å². The van der Waals surface area contributed by atoms with E-state index in [9.17, 15) is 32.9 Å². The number of amides is 2. The van der Waals surface area contributed by atoms with Gasteiger partial charge in [-0.15, -0.1) is 0 Å². The summed E-state index contributed by atoms with van der Waals surface area (Å²) >= 11 is 0. The van der Waals surface area contributed by atoms with Gasteiger partial charge in [-0.3, -0.25) is 19.7 Å². The van der Waals surface area contributed by atoms with Crippen LogP contribution >= 0.6 is 0 Å². The van der Waals surface area contributed by atoms with E-state index < -0.39 is 43.9 Å². The fraction of sp³-hybridized carbons (Fsp3) is 0.591. The second kappa shape index (κ2) is 7.98. The number of likely N-dealkylation sites (tertiary alicyclic amines) is 1. The van der Waals surface area contributed by atoms with Gasteiger partial charge >= 0.3 is 5.97 Å². The molecule has 1 aromatic rings. The van der Waals surface area contributed by atoms with Gasteiger partial charge in [0.25, 0.3) is 5.69 Å². The Bertz CT molecular complexity index is 1210. The van der Waals surface area contributed by atoms with E-state index in [4.69, 9.17) is 4.74 Å². The highest BCUT2D eigenvalue weighted by Crippen LogP contribution is 2.53. The van der Waals surface area contributed by atoms with Crippen LogP contribution in [0.25, 0.3) is 0 Å². The molecule has 12 nitrogen and oxygen atoms in total. The zero-order valence-corrected chi connectivity index (χ0v) is 20.0. The molecule has 2 aliphatic carbocycles. The number of carbonyl (C=O) groups excluding carboxylic acids is 3. The van der Waals surface area contributed by atoms with Crippen LogP contribution in [-0.2, 0) is 29.1 Å². The van der Waals surface area contributed by atoms with E-state index in [0.29, 0.717) is 45.1 Å². The number of carbonyl (C=O) groups is 3. The fourth-order valence-electron chi connectivity index (χ4n) is 5.45. The van der Waals surface area contributed by atoms with Crippen molar-refractivity contribution in [3.8, 4) is 0 Å². The molecule has 0 radical (unpaired) electrons. The molecule has 5 rings (SSSR count). The molecule has 4 fully saturated rings. The third kappa shape index (κ3) is 3.51. The molecule has 0 unspecified atom stereocenters. The van der Waals surface area contributed by atoms with E-state index in [-0.39, 0.29) is 29.6 Å². The highest BCUT2D eigenvalue weighted by Gasteiger charge is 2.68. The third-order valence-electron chi connectivity index (χ3n) is 7.63. The third-order valence-corrected chi connectivity index (χ3v) is 9.61. The van der Waals surface area contributed by atoms with Crippen LogP contribution in [0, 0.1) is 10.1 Å². The van der Waals surface area contributed by atoms with Crippen LogP contribution in [0.5, 0.6) is 0 Å². The molecule has 2 saturated carbocycles. The van der Waals surface area contributed by atoms with E-state index >= 15 is 0 Å². The first-order valence-corrected chi connectivity index (χ1v) is 13.0. The molecule has 2 amide bonds. The summed E-state index contributed by atoms with van der Waals surface area (Å²) < 4.78 is 32.8. The molecule has 0 N–H and O–H groups in total. The molecular weight excluding hydrogens is 480 g/mol. The minimum Gasteiger partial charge on any atom is -0.467 e. The van der Waals surface area contributed by atoms with Crippen molar-refractivity contribution >= 4 is 33.5 Å². The van der Waals surface area contributed by atoms with Crippen LogP contribution in [0.1, 0.15) is 38.5 Å². The van der Waals surface area contributed by atoms with Crippen molar-refractivity contribution in [3.63, 3.8) is 0 Å². The molecule has 1 spiro atoms. The van der Waals surface area contributed by atoms with E-state index in [2.05, 4.69) is 0 Å². The monoisotopic (exact) mass is 506 g/mol. The molecule has 1 atom stereocenters. The molecule has 0 bridgehead atoms. The minimum atomic E-state index is -4.08. The summed E-state index contributed by atoms with van der Waals surface area (Å²) in [5, 5.41) is 10.9. The summed E-state index contributed by atoms with van der Waals surface area (Å²) in [6, 6.07) is 3.92. The number of sulfonamides is 1. The summed E-state index contributed by atoms with van der Waals surface area (Å²) in [7, 11) is -2.80. The fourth-order valence-corrected chi connectivity index (χ4v) is 7.22. The highest BCUT2D eigenvalue weighted by molar-refractivity contribution is 7.89. The number of ether oxygens (including phenoxy) is 1. The van der Waals surface area contributed by atoms with E-state index in [1.54, 1.807) is 0 Å². The van der Waals surface area contributed by atoms with Gasteiger partial charge in [0.1, 0.15) is 17.1 Å². The maximum atomic E-state index is 13.7. The SMILES string of the molecule is COC(=O)[C@@H]1CCCN1C(=O)C1(N2CCN(S(=O)(=O)c3ccc([N+](=O)[O-])cc3)C3(CC3)C2=O)CC1. The molecule has 35 heavy (non-hydrogen) atoms. The first kappa shape index (κ1) is 23.7. The lowest BCUT2D eigenvalue weighted by atomic mass is 10.1. The standard InChI is InChI=1S/C22H26N4O8S/c1-34-18(27)17-3-2-12-23(17)19(28)21(8-9-21)24-13-14-25(22(10-11-22)20(24)29)35(32,33)16-6-4-15(5-7-16)26(30)31/h4-7,17H,2-3,8-14H2,1H3/t17-/m0/s1. The summed E-state index contributed by atoms with van der Waals surface area (Å²) in [6.45, 7) is 0.476. The van der Waals surface area contributed by atoms with Crippen molar-refractivity contribution in [2.24, 2.45) is 0 Å². The lowest BCUT2D eigenvalue weighted by Gasteiger charge is -2.44. The second-order valence-electron chi connectivity index (χ2n) is 9.53. The Morgan fingerprint density at radius 1 is 1.09 bits per heavy atom. The van der Waals surface area contributed by atoms with Crippen molar-refractivity contribution in [3.05, 3.63) is 34.4 Å². The van der Waals surface area contributed by atoms with Crippen LogP contribution in [0.3, 0.4) is 0 Å². The lowest BCUT2D eigenvalue weighted by Crippen LogP contribution is -2.66. The average molecular weight is 507 g/mol. The Morgan fingerprint density at radius 3 is 2.29 bits per heavy atom. The molecule has 2 heterocycles. The quantitative estimate of drug-likeness (QED) is 0.310. The number of hydrogen-bond donors (Lipinski definition) is 0. The summed E-state index contributed by atoms with van der Waals surface area (Å²) in [5.74, 6) is -1.15. The topological polar surface area (TPSA) is 147 Å². The number of nitro benzene ring substituents is 1. The Hall–Kier alpha value is -3.06. The van der Waals surface area contributed by atoms with Crippen LogP contribution in [0.15, 0.2) is 29.2 Å². The summed E-state index contributed by atoms with van der Waals surface area (Å²) in [5.41, 5.74) is -2.53. The average Bonchev–Trinajstić information content (AvgIpc) is 3.77. The van der Waals surface area contributed by atoms with Crippen molar-refractivity contribution < 1.29 is 32.5 Å². The predicted octanol–water partition coefficient (Wildman–Crippen LogP) is 0.657. The predicted molar refractivity (Wildman–Crippen MR) is 119 cm³/mol. The van der Waals surface area contributed by atoms with Gasteiger partial charge in [0, 0.05) is 31.8 Å². The number of nitrogens with zero attached hydrogens (tertiary/aromatic N) is 4. The number of non-ortho nitro benzene ring substituents is 1. The number of benzene rings is 1. The van der Waals surface area contributed by atoms with Gasteiger partial charge in [-0.1, -0.05) is 0 Å². The molecule has 188 valence electrons. The van der Waals surface area contributed by atoms with E-state index in [1.165, 1.54) is 33.3 Å². The largest absolute Gasteiger partial charge is 0.467 e. The molecule has 2 saturated heterocycles. The Balaban J connectivity index is 1.39. The van der Waals surface area contributed by atoms with Gasteiger partial charge in [0.15, 0.2) is 0 Å². The van der Waals surface area contributed by atoms with Crippen molar-refractivity contribution in [1.29, 1.82) is 0 Å². The van der Waals surface area contributed by atoms with E-state index in [1.807, 2.05) is 0 Å². The molecule has 1 aromatic carbocycles. The zero-order valence-electron chi connectivity index (χ0n) is 19.2. The second-order valence-corrected chi connectivity index (χ2v) is 11.4. The molecule has 13 heteroatoms. The number of nitro groups is 1. The number of piperazine rings is 1. The number of rotatable bonds is 6. The van der Waals surface area contributed by atoms with Crippen LogP contribution in [0.4, 0.5) is 5.69 Å². The first-order chi connectivity index (χ1) is 16.6. The Labute approximate surface area is 202 Å². The molecule has 0 aromatic heterocycles. The molecule has 2 aliphatic heterocycles. The van der Waals surface area contributed by atoms with Crippen LogP contribution in [0.2, 0.25) is 0 Å². The first-order valence-electron chi connectivity index (χ1n) is 11.6. The van der Waals surface area contributed by atoms with Gasteiger partial charge in [-0.05, 0) is 50.7 Å². The summed E-state index contributed by atoms with van der Waals surface area (Å²) in [6.07, 6.45) is 2.79. The van der Waals surface area contributed by atoms with Gasteiger partial charge in [-0.2, -0.15) is 4.31 Å². The number of esters is 1. The summed E-state index contributed by atoms with van der Waals surface area (Å²) in [4.78, 5) is 52.6. The minimum absolute atomic E-state index is 0.0144. The molecular formula is C22H26N4O8S. The lowest BCUT2D eigenvalue weighted by molar-refractivity contribution is -0.384. The van der Waals surface area contributed by atoms with Gasteiger partial charge in [0.05, 0.1) is 16.9 Å². The van der Waals surface area contributed by atoms with Crippen molar-refractivity contribution in [2.75, 3.05) is 26.7 Å². The normalized spacial score (nSPS) is 24.9. The zero-order chi connectivity index (χ0) is 25.2. The Kier molecular flexibility index (Phi) is 5.40. The maximum absolute atomic E-state index is 13.7. The van der Waals surface area contributed by atoms with E-state index in [0.717, 1.165) is 12.1 Å². The number of methoxy groups -OCH3 is 1.